The lowest BCUT2D eigenvalue weighted by atomic mass is 9.76. The standard InChI is InChI=1S/C16H23F2N/c1-2-3-11-4-6-12(7-5-11)16(19)14-9-8-13(17)10-15(14)18/h8-12,16H,2-7,19H2,1H3. The van der Waals surface area contributed by atoms with Gasteiger partial charge in [0.15, 0.2) is 0 Å². The summed E-state index contributed by atoms with van der Waals surface area (Å²) in [5.41, 5.74) is 6.64. The minimum absolute atomic E-state index is 0.303. The van der Waals surface area contributed by atoms with Gasteiger partial charge in [-0.15, -0.1) is 0 Å². The van der Waals surface area contributed by atoms with Crippen LogP contribution >= 0.6 is 0 Å². The zero-order valence-electron chi connectivity index (χ0n) is 11.5. The van der Waals surface area contributed by atoms with E-state index in [0.29, 0.717) is 11.5 Å². The van der Waals surface area contributed by atoms with Crippen molar-refractivity contribution in [2.24, 2.45) is 17.6 Å². The van der Waals surface area contributed by atoms with Crippen LogP contribution in [0.15, 0.2) is 18.2 Å². The van der Waals surface area contributed by atoms with E-state index in [4.69, 9.17) is 5.73 Å². The molecule has 0 radical (unpaired) electrons. The molecule has 2 N–H and O–H groups in total. The van der Waals surface area contributed by atoms with Crippen LogP contribution in [0.1, 0.15) is 57.1 Å². The van der Waals surface area contributed by atoms with E-state index < -0.39 is 11.6 Å². The van der Waals surface area contributed by atoms with Crippen LogP contribution in [0, 0.1) is 23.5 Å². The van der Waals surface area contributed by atoms with Gasteiger partial charge in [-0.25, -0.2) is 8.78 Å². The maximum atomic E-state index is 13.7. The fourth-order valence-corrected chi connectivity index (χ4v) is 3.27. The molecule has 1 aliphatic carbocycles. The van der Waals surface area contributed by atoms with Crippen LogP contribution < -0.4 is 5.73 Å². The van der Waals surface area contributed by atoms with Crippen molar-refractivity contribution in [3.8, 4) is 0 Å². The fraction of sp³-hybridized carbons (Fsp3) is 0.625. The highest BCUT2D eigenvalue weighted by Crippen LogP contribution is 2.37. The van der Waals surface area contributed by atoms with Crippen molar-refractivity contribution in [3.05, 3.63) is 35.4 Å². The minimum atomic E-state index is -0.542. The lowest BCUT2D eigenvalue weighted by molar-refractivity contribution is 0.232. The van der Waals surface area contributed by atoms with Gasteiger partial charge in [0.2, 0.25) is 0 Å². The maximum Gasteiger partial charge on any atom is 0.130 e. The van der Waals surface area contributed by atoms with Crippen molar-refractivity contribution < 1.29 is 8.78 Å². The first-order chi connectivity index (χ1) is 9.11. The van der Waals surface area contributed by atoms with Crippen LogP contribution in [0.5, 0.6) is 0 Å². The highest BCUT2D eigenvalue weighted by molar-refractivity contribution is 5.22. The van der Waals surface area contributed by atoms with E-state index in [9.17, 15) is 8.78 Å². The smallest absolute Gasteiger partial charge is 0.130 e. The Hall–Kier alpha value is -0.960. The predicted molar refractivity (Wildman–Crippen MR) is 73.6 cm³/mol. The molecule has 1 atom stereocenters. The van der Waals surface area contributed by atoms with Gasteiger partial charge < -0.3 is 5.73 Å². The molecule has 1 aliphatic rings. The molecule has 2 rings (SSSR count). The second-order valence-corrected chi connectivity index (χ2v) is 5.76. The van der Waals surface area contributed by atoms with E-state index in [2.05, 4.69) is 6.92 Å². The van der Waals surface area contributed by atoms with Crippen molar-refractivity contribution in [1.82, 2.24) is 0 Å². The number of rotatable bonds is 4. The monoisotopic (exact) mass is 267 g/mol. The Labute approximate surface area is 114 Å². The molecule has 1 aromatic rings. The average molecular weight is 267 g/mol. The van der Waals surface area contributed by atoms with E-state index in [1.165, 1.54) is 37.8 Å². The maximum absolute atomic E-state index is 13.7. The van der Waals surface area contributed by atoms with Crippen LogP contribution in [0.2, 0.25) is 0 Å². The molecule has 0 heterocycles. The molecule has 3 heteroatoms. The topological polar surface area (TPSA) is 26.0 Å². The Morgan fingerprint density at radius 1 is 1.21 bits per heavy atom. The Balaban J connectivity index is 1.99. The Bertz CT molecular complexity index is 411. The van der Waals surface area contributed by atoms with E-state index in [0.717, 1.165) is 24.8 Å². The summed E-state index contributed by atoms with van der Waals surface area (Å²) in [5.74, 6) is 0.0860. The zero-order chi connectivity index (χ0) is 13.8. The molecular weight excluding hydrogens is 244 g/mol. The number of hydrogen-bond donors (Lipinski definition) is 1. The second kappa shape index (κ2) is 6.47. The predicted octanol–water partition coefficient (Wildman–Crippen LogP) is 4.57. The largest absolute Gasteiger partial charge is 0.324 e. The fourth-order valence-electron chi connectivity index (χ4n) is 3.27. The summed E-state index contributed by atoms with van der Waals surface area (Å²) in [4.78, 5) is 0. The molecule has 1 saturated carbocycles. The van der Waals surface area contributed by atoms with Crippen molar-refractivity contribution in [3.63, 3.8) is 0 Å². The van der Waals surface area contributed by atoms with Crippen molar-refractivity contribution in [1.29, 1.82) is 0 Å². The third-order valence-electron chi connectivity index (χ3n) is 4.42. The van der Waals surface area contributed by atoms with Gasteiger partial charge in [0.25, 0.3) is 0 Å². The van der Waals surface area contributed by atoms with Gasteiger partial charge in [-0.1, -0.05) is 38.7 Å². The Kier molecular flexibility index (Phi) is 4.92. The molecule has 106 valence electrons. The summed E-state index contributed by atoms with van der Waals surface area (Å²) in [6.07, 6.45) is 7.01. The lowest BCUT2D eigenvalue weighted by Crippen LogP contribution is -2.26. The summed E-state index contributed by atoms with van der Waals surface area (Å²) < 4.78 is 26.6. The quantitative estimate of drug-likeness (QED) is 0.849. The van der Waals surface area contributed by atoms with Gasteiger partial charge in [-0.2, -0.15) is 0 Å². The molecule has 0 saturated heterocycles. The average Bonchev–Trinajstić information content (AvgIpc) is 2.39. The molecule has 1 fully saturated rings. The van der Waals surface area contributed by atoms with Gasteiger partial charge in [-0.3, -0.25) is 0 Å². The van der Waals surface area contributed by atoms with E-state index >= 15 is 0 Å². The number of benzene rings is 1. The highest BCUT2D eigenvalue weighted by Gasteiger charge is 2.27. The zero-order valence-corrected chi connectivity index (χ0v) is 11.5. The number of nitrogens with two attached hydrogens (primary N) is 1. The molecule has 0 aromatic heterocycles. The van der Waals surface area contributed by atoms with Crippen LogP contribution in [0.4, 0.5) is 8.78 Å². The van der Waals surface area contributed by atoms with Gasteiger partial charge in [0.05, 0.1) is 0 Å². The summed E-state index contributed by atoms with van der Waals surface area (Å²) in [6, 6.07) is 3.41. The van der Waals surface area contributed by atoms with Crippen molar-refractivity contribution >= 4 is 0 Å². The van der Waals surface area contributed by atoms with Gasteiger partial charge in [-0.05, 0) is 30.7 Å². The van der Waals surface area contributed by atoms with Gasteiger partial charge in [0, 0.05) is 17.7 Å². The Morgan fingerprint density at radius 3 is 2.47 bits per heavy atom. The molecule has 19 heavy (non-hydrogen) atoms. The third kappa shape index (κ3) is 3.53. The first-order valence-electron chi connectivity index (χ1n) is 7.32. The SMILES string of the molecule is CCCC1CCC(C(N)c2ccc(F)cc2F)CC1. The number of halogens is 2. The van der Waals surface area contributed by atoms with Crippen LogP contribution in [0.25, 0.3) is 0 Å². The lowest BCUT2D eigenvalue weighted by Gasteiger charge is -2.32. The van der Waals surface area contributed by atoms with Crippen LogP contribution in [-0.4, -0.2) is 0 Å². The summed E-state index contributed by atoms with van der Waals surface area (Å²) in [7, 11) is 0. The molecular formula is C16H23F2N. The molecule has 0 aliphatic heterocycles. The number of hydrogen-bond acceptors (Lipinski definition) is 1. The van der Waals surface area contributed by atoms with Gasteiger partial charge in [0.1, 0.15) is 11.6 Å². The van der Waals surface area contributed by atoms with Crippen molar-refractivity contribution in [2.75, 3.05) is 0 Å². The minimum Gasteiger partial charge on any atom is -0.324 e. The second-order valence-electron chi connectivity index (χ2n) is 5.76. The molecule has 0 spiro atoms. The van der Waals surface area contributed by atoms with Gasteiger partial charge >= 0.3 is 0 Å². The molecule has 0 bridgehead atoms. The molecule has 1 nitrogen and oxygen atoms in total. The van der Waals surface area contributed by atoms with Crippen molar-refractivity contribution in [2.45, 2.75) is 51.5 Å². The van der Waals surface area contributed by atoms with Crippen LogP contribution in [0.3, 0.4) is 0 Å². The van der Waals surface area contributed by atoms with Crippen LogP contribution in [-0.2, 0) is 0 Å². The molecule has 0 amide bonds. The first-order valence-corrected chi connectivity index (χ1v) is 7.32. The van der Waals surface area contributed by atoms with E-state index in [1.807, 2.05) is 0 Å². The normalized spacial score (nSPS) is 25.3. The Morgan fingerprint density at radius 2 is 1.89 bits per heavy atom. The highest BCUT2D eigenvalue weighted by atomic mass is 19.1. The van der Waals surface area contributed by atoms with E-state index in [1.54, 1.807) is 0 Å². The molecule has 1 aromatic carbocycles. The third-order valence-corrected chi connectivity index (χ3v) is 4.42. The van der Waals surface area contributed by atoms with E-state index in [-0.39, 0.29) is 6.04 Å². The molecule has 1 unspecified atom stereocenters. The summed E-state index contributed by atoms with van der Waals surface area (Å²) in [6.45, 7) is 2.21. The first kappa shape index (κ1) is 14.4. The summed E-state index contributed by atoms with van der Waals surface area (Å²) in [5, 5.41) is 0. The summed E-state index contributed by atoms with van der Waals surface area (Å²) >= 11 is 0.